The first-order valence-electron chi connectivity index (χ1n) is 7.06. The Morgan fingerprint density at radius 2 is 1.96 bits per heavy atom. The molecule has 0 bridgehead atoms. The molecule has 0 heterocycles. The van der Waals surface area contributed by atoms with Crippen molar-refractivity contribution in [2.75, 3.05) is 18.2 Å². The van der Waals surface area contributed by atoms with Crippen molar-refractivity contribution in [3.8, 4) is 0 Å². The highest BCUT2D eigenvalue weighted by molar-refractivity contribution is 7.98. The van der Waals surface area contributed by atoms with Gasteiger partial charge >= 0.3 is 5.97 Å². The van der Waals surface area contributed by atoms with E-state index < -0.39 is 40.7 Å². The molecule has 0 radical (unpaired) electrons. The lowest BCUT2D eigenvalue weighted by Crippen LogP contribution is -2.21. The normalized spacial score (nSPS) is 10.3. The predicted molar refractivity (Wildman–Crippen MR) is 90.1 cm³/mol. The first-order chi connectivity index (χ1) is 12.3. The number of nitrogens with zero attached hydrogens (tertiary/aromatic N) is 1. The number of carbonyl (C=O) groups is 2. The SMILES string of the molecule is CSc1ccc(C(=O)OCC(=O)Nc2cc(F)ccc2F)cc1[N+](=O)[O-]. The Balaban J connectivity index is 2.02. The van der Waals surface area contributed by atoms with E-state index in [1.54, 1.807) is 6.26 Å². The summed E-state index contributed by atoms with van der Waals surface area (Å²) in [6.45, 7) is -0.771. The van der Waals surface area contributed by atoms with Gasteiger partial charge in [0.25, 0.3) is 11.6 Å². The molecule has 0 spiro atoms. The third-order valence-corrected chi connectivity index (χ3v) is 3.93. The molecule has 0 fully saturated rings. The number of rotatable bonds is 6. The molecule has 0 saturated carbocycles. The van der Waals surface area contributed by atoms with Crippen molar-refractivity contribution in [2.45, 2.75) is 4.90 Å². The summed E-state index contributed by atoms with van der Waals surface area (Å²) >= 11 is 1.14. The first-order valence-corrected chi connectivity index (χ1v) is 8.28. The molecule has 2 aromatic carbocycles. The maximum absolute atomic E-state index is 13.4. The molecule has 0 aromatic heterocycles. The Morgan fingerprint density at radius 1 is 1.23 bits per heavy atom. The van der Waals surface area contributed by atoms with Crippen LogP contribution in [0, 0.1) is 21.7 Å². The third-order valence-electron chi connectivity index (χ3n) is 3.15. The highest BCUT2D eigenvalue weighted by Gasteiger charge is 2.19. The Kier molecular flexibility index (Phi) is 6.23. The van der Waals surface area contributed by atoms with E-state index in [2.05, 4.69) is 5.32 Å². The van der Waals surface area contributed by atoms with Crippen molar-refractivity contribution in [1.29, 1.82) is 0 Å². The number of nitro groups is 1. The summed E-state index contributed by atoms with van der Waals surface area (Å²) in [6, 6.07) is 6.25. The van der Waals surface area contributed by atoms with Crippen molar-refractivity contribution in [3.63, 3.8) is 0 Å². The summed E-state index contributed by atoms with van der Waals surface area (Å²) in [5.41, 5.74) is -0.775. The van der Waals surface area contributed by atoms with Crippen LogP contribution in [0.3, 0.4) is 0 Å². The Morgan fingerprint density at radius 3 is 2.62 bits per heavy atom. The van der Waals surface area contributed by atoms with E-state index in [4.69, 9.17) is 4.74 Å². The Bertz CT molecular complexity index is 876. The molecule has 26 heavy (non-hydrogen) atoms. The van der Waals surface area contributed by atoms with E-state index in [9.17, 15) is 28.5 Å². The molecule has 2 aromatic rings. The highest BCUT2D eigenvalue weighted by Crippen LogP contribution is 2.28. The van der Waals surface area contributed by atoms with E-state index in [0.717, 1.165) is 36.0 Å². The van der Waals surface area contributed by atoms with Gasteiger partial charge in [-0.2, -0.15) is 0 Å². The zero-order chi connectivity index (χ0) is 19.3. The van der Waals surface area contributed by atoms with E-state index in [0.29, 0.717) is 4.90 Å². The van der Waals surface area contributed by atoms with Crippen LogP contribution in [-0.2, 0) is 9.53 Å². The van der Waals surface area contributed by atoms with Crippen LogP contribution in [0.5, 0.6) is 0 Å². The average molecular weight is 382 g/mol. The zero-order valence-electron chi connectivity index (χ0n) is 13.3. The fourth-order valence-electron chi connectivity index (χ4n) is 1.95. The summed E-state index contributed by atoms with van der Waals surface area (Å²) in [4.78, 5) is 34.4. The maximum Gasteiger partial charge on any atom is 0.338 e. The minimum absolute atomic E-state index is 0.112. The molecule has 1 N–H and O–H groups in total. The van der Waals surface area contributed by atoms with Gasteiger partial charge in [-0.15, -0.1) is 11.8 Å². The van der Waals surface area contributed by atoms with Crippen molar-refractivity contribution >= 4 is 35.0 Å². The van der Waals surface area contributed by atoms with Gasteiger partial charge < -0.3 is 10.1 Å². The minimum Gasteiger partial charge on any atom is -0.452 e. The minimum atomic E-state index is -0.962. The molecule has 136 valence electrons. The lowest BCUT2D eigenvalue weighted by atomic mass is 10.2. The van der Waals surface area contributed by atoms with Crippen molar-refractivity contribution in [3.05, 3.63) is 63.7 Å². The number of hydrogen-bond donors (Lipinski definition) is 1. The van der Waals surface area contributed by atoms with Crippen LogP contribution in [0.2, 0.25) is 0 Å². The van der Waals surface area contributed by atoms with Gasteiger partial charge in [0.1, 0.15) is 11.6 Å². The molecule has 0 aliphatic heterocycles. The number of amides is 1. The number of nitro benzene ring substituents is 1. The standard InChI is InChI=1S/C16H12F2N2O5S/c1-26-14-5-2-9(6-13(14)20(23)24)16(22)25-8-15(21)19-12-7-10(17)3-4-11(12)18/h2-7H,8H2,1H3,(H,19,21). The van der Waals surface area contributed by atoms with Crippen molar-refractivity contribution in [2.24, 2.45) is 0 Å². The van der Waals surface area contributed by atoms with Crippen molar-refractivity contribution < 1.29 is 28.0 Å². The Labute approximate surface area is 150 Å². The van der Waals surface area contributed by atoms with E-state index in [-0.39, 0.29) is 11.3 Å². The van der Waals surface area contributed by atoms with Crippen LogP contribution < -0.4 is 5.32 Å². The second-order valence-electron chi connectivity index (χ2n) is 4.89. The van der Waals surface area contributed by atoms with Gasteiger partial charge in [-0.1, -0.05) is 0 Å². The summed E-state index contributed by atoms with van der Waals surface area (Å²) < 4.78 is 31.2. The molecule has 0 aliphatic rings. The summed E-state index contributed by atoms with van der Waals surface area (Å²) in [5.74, 6) is -3.46. The topological polar surface area (TPSA) is 98.5 Å². The van der Waals surface area contributed by atoms with Gasteiger partial charge in [0.2, 0.25) is 0 Å². The predicted octanol–water partition coefficient (Wildman–Crippen LogP) is 3.39. The largest absolute Gasteiger partial charge is 0.452 e. The van der Waals surface area contributed by atoms with E-state index in [1.165, 1.54) is 12.1 Å². The molecule has 0 saturated heterocycles. The van der Waals surface area contributed by atoms with Gasteiger partial charge in [0.05, 0.1) is 21.1 Å². The second kappa shape index (κ2) is 8.39. The summed E-state index contributed by atoms with van der Waals surface area (Å²) in [6.07, 6.45) is 1.65. The lowest BCUT2D eigenvalue weighted by Gasteiger charge is -2.08. The smallest absolute Gasteiger partial charge is 0.338 e. The molecular formula is C16H12F2N2O5S. The number of thioether (sulfide) groups is 1. The van der Waals surface area contributed by atoms with Gasteiger partial charge in [-0.3, -0.25) is 14.9 Å². The molecule has 10 heteroatoms. The van der Waals surface area contributed by atoms with Crippen LogP contribution in [-0.4, -0.2) is 29.7 Å². The zero-order valence-corrected chi connectivity index (χ0v) is 14.1. The molecule has 1 amide bonds. The molecule has 0 aliphatic carbocycles. The fraction of sp³-hybridized carbons (Fsp3) is 0.125. The monoisotopic (exact) mass is 382 g/mol. The van der Waals surface area contributed by atoms with Gasteiger partial charge in [-0.25, -0.2) is 13.6 Å². The first kappa shape index (κ1) is 19.3. The maximum atomic E-state index is 13.4. The van der Waals surface area contributed by atoms with Crippen LogP contribution >= 0.6 is 11.8 Å². The number of halogens is 2. The number of hydrogen-bond acceptors (Lipinski definition) is 6. The molecule has 7 nitrogen and oxygen atoms in total. The van der Waals surface area contributed by atoms with Gasteiger partial charge in [0.15, 0.2) is 6.61 Å². The van der Waals surface area contributed by atoms with Crippen LogP contribution in [0.1, 0.15) is 10.4 Å². The number of carbonyl (C=O) groups excluding carboxylic acids is 2. The van der Waals surface area contributed by atoms with Crippen LogP contribution in [0.4, 0.5) is 20.2 Å². The van der Waals surface area contributed by atoms with Crippen molar-refractivity contribution in [1.82, 2.24) is 0 Å². The second-order valence-corrected chi connectivity index (χ2v) is 5.74. The number of benzene rings is 2. The number of nitrogens with one attached hydrogen (secondary N) is 1. The molecule has 0 atom stereocenters. The molecular weight excluding hydrogens is 370 g/mol. The number of ether oxygens (including phenoxy) is 1. The highest BCUT2D eigenvalue weighted by atomic mass is 32.2. The third kappa shape index (κ3) is 4.76. The van der Waals surface area contributed by atoms with E-state index in [1.807, 2.05) is 0 Å². The fourth-order valence-corrected chi connectivity index (χ4v) is 2.50. The van der Waals surface area contributed by atoms with Gasteiger partial charge in [-0.05, 0) is 30.5 Å². The van der Waals surface area contributed by atoms with E-state index >= 15 is 0 Å². The summed E-state index contributed by atoms with van der Waals surface area (Å²) in [7, 11) is 0. The quantitative estimate of drug-likeness (QED) is 0.356. The molecule has 0 unspecified atom stereocenters. The van der Waals surface area contributed by atoms with Crippen LogP contribution in [0.15, 0.2) is 41.3 Å². The Hall–Kier alpha value is -3.01. The average Bonchev–Trinajstić information content (AvgIpc) is 2.62. The lowest BCUT2D eigenvalue weighted by molar-refractivity contribution is -0.387. The van der Waals surface area contributed by atoms with Crippen LogP contribution in [0.25, 0.3) is 0 Å². The van der Waals surface area contributed by atoms with Gasteiger partial charge in [0, 0.05) is 12.1 Å². The molecule has 2 rings (SSSR count). The number of anilines is 1. The number of esters is 1. The summed E-state index contributed by atoms with van der Waals surface area (Å²) in [5, 5.41) is 13.1.